The van der Waals surface area contributed by atoms with Crippen molar-refractivity contribution in [3.8, 4) is 0 Å². The molecule has 0 bridgehead atoms. The molecule has 0 aliphatic heterocycles. The summed E-state index contributed by atoms with van der Waals surface area (Å²) in [6.07, 6.45) is 14.7. The van der Waals surface area contributed by atoms with Crippen molar-refractivity contribution in [2.24, 2.45) is 130 Å². The van der Waals surface area contributed by atoms with Gasteiger partial charge in [0.25, 0.3) is 19.7 Å². The van der Waals surface area contributed by atoms with Crippen LogP contribution in [0.25, 0.3) is 0 Å². The number of alkyl halides is 6. The summed E-state index contributed by atoms with van der Waals surface area (Å²) in [5.74, 6) is 10.5. The number of rotatable bonds is 7. The van der Waals surface area contributed by atoms with E-state index in [1.54, 1.807) is 11.1 Å². The molecule has 0 amide bonds. The van der Waals surface area contributed by atoms with Gasteiger partial charge < -0.3 is 4.74 Å². The van der Waals surface area contributed by atoms with Crippen LogP contribution in [0.5, 0.6) is 0 Å². The summed E-state index contributed by atoms with van der Waals surface area (Å²) in [5.41, 5.74) is -0.369. The van der Waals surface area contributed by atoms with Gasteiger partial charge >= 0.3 is 17.0 Å². The van der Waals surface area contributed by atoms with Gasteiger partial charge in [-0.05, 0) is 208 Å². The van der Waals surface area contributed by atoms with Crippen molar-refractivity contribution in [1.29, 1.82) is 0 Å². The summed E-state index contributed by atoms with van der Waals surface area (Å²) in [7, 11) is -11.4. The van der Waals surface area contributed by atoms with E-state index in [1.807, 2.05) is 5.57 Å². The molecule has 1 aromatic carbocycles. The minimum absolute atomic E-state index is 0.0228. The van der Waals surface area contributed by atoms with Crippen LogP contribution >= 0.6 is 0 Å². The van der Waals surface area contributed by atoms with Gasteiger partial charge in [-0.15, -0.1) is 0 Å². The normalized spacial score (nSPS) is 50.8. The fraction of sp³-hybridized carbons (Fsp3) is 0.611. The maximum atomic E-state index is 14.6. The Morgan fingerprint density at radius 2 is 1.28 bits per heavy atom. The van der Waals surface area contributed by atoms with Gasteiger partial charge in [-0.1, -0.05) is 46.6 Å². The second kappa shape index (κ2) is 11.0. The highest BCUT2D eigenvalue weighted by molar-refractivity contribution is 7.93. The first-order chi connectivity index (χ1) is 32.4. The minimum atomic E-state index is -6.33. The molecule has 18 rings (SSSR count). The second-order valence-electron chi connectivity index (χ2n) is 24.5. The van der Waals surface area contributed by atoms with E-state index in [1.165, 1.54) is 36.7 Å². The van der Waals surface area contributed by atoms with Crippen LogP contribution in [0.15, 0.2) is 108 Å². The molecule has 68 heavy (non-hydrogen) atoms. The summed E-state index contributed by atoms with van der Waals surface area (Å²) in [4.78, 5) is 9.82. The number of benzene rings is 1. The van der Waals surface area contributed by atoms with Gasteiger partial charge in [0.15, 0.2) is 0 Å². The van der Waals surface area contributed by atoms with Gasteiger partial charge in [-0.3, -0.25) is 4.79 Å². The lowest BCUT2D eigenvalue weighted by molar-refractivity contribution is -0.140. The zero-order valence-electron chi connectivity index (χ0n) is 36.7. The van der Waals surface area contributed by atoms with Crippen LogP contribution in [0, 0.1) is 130 Å². The number of sulfone groups is 2. The Kier molecular flexibility index (Phi) is 6.34. The zero-order chi connectivity index (χ0) is 45.9. The molecule has 6 nitrogen and oxygen atoms in total. The molecule has 0 saturated heterocycles. The lowest BCUT2D eigenvalue weighted by Crippen LogP contribution is -2.57. The molecule has 17 aliphatic carbocycles. The van der Waals surface area contributed by atoms with E-state index in [0.29, 0.717) is 88.8 Å². The summed E-state index contributed by atoms with van der Waals surface area (Å²) in [6, 6.07) is 1.66. The minimum Gasteiger partial charge on any atom is -0.469 e. The van der Waals surface area contributed by atoms with Gasteiger partial charge in [0.05, 0.1) is 16.9 Å². The standard InChI is InChI=1S/C54H46F6O6S2/c1-66-27(61)3-2-12-52(16-13-17(67(62,63)53(55,56)57)15-18(14-16)68(64,65)54(58,59)60)50-36-25-10-8-23-21-6-4-19-20-5-7-22-24-9-11-26-35-33(24)40-31(22)29(20)38-28(19)30(21)39-32(23)34(25)41-43(36)44(37(26)51(50)52)42(35)49-47(40)45(38)46(39)48(41)49/h4,6,8,10,13-15,19-24,28-33,35,38,40,42-45,47-49H,2-3,5,7,9,11-12H2,1H3. The van der Waals surface area contributed by atoms with E-state index in [4.69, 9.17) is 4.74 Å². The highest BCUT2D eigenvalue weighted by Gasteiger charge is 2.85. The van der Waals surface area contributed by atoms with Crippen LogP contribution in [0.2, 0.25) is 0 Å². The van der Waals surface area contributed by atoms with Crippen LogP contribution < -0.4 is 0 Å². The molecule has 0 aromatic heterocycles. The number of halogens is 6. The summed E-state index contributed by atoms with van der Waals surface area (Å²) in [5, 5.41) is 0. The third-order valence-electron chi connectivity index (χ3n) is 24.0. The quantitative estimate of drug-likeness (QED) is 0.154. The zero-order valence-corrected chi connectivity index (χ0v) is 38.4. The topological polar surface area (TPSA) is 94.6 Å². The van der Waals surface area contributed by atoms with Crippen molar-refractivity contribution < 1.29 is 52.7 Å². The van der Waals surface area contributed by atoms with Gasteiger partial charge in [0, 0.05) is 29.6 Å². The molecule has 23 atom stereocenters. The maximum absolute atomic E-state index is 14.6. The third-order valence-corrected chi connectivity index (χ3v) is 26.9. The summed E-state index contributed by atoms with van der Waals surface area (Å²) < 4.78 is 146. The number of carbonyl (C=O) groups is 1. The number of ether oxygens (including phenoxy) is 1. The predicted octanol–water partition coefficient (Wildman–Crippen LogP) is 9.80. The van der Waals surface area contributed by atoms with Gasteiger partial charge in [0.2, 0.25) is 0 Å². The predicted molar refractivity (Wildman–Crippen MR) is 229 cm³/mol. The molecule has 1 aromatic rings. The molecule has 9 saturated carbocycles. The molecule has 14 heteroatoms. The first kappa shape index (κ1) is 39.0. The van der Waals surface area contributed by atoms with Crippen molar-refractivity contribution >= 4 is 25.6 Å². The monoisotopic (exact) mass is 968 g/mol. The molecule has 23 unspecified atom stereocenters. The second-order valence-corrected chi connectivity index (χ2v) is 28.4. The highest BCUT2D eigenvalue weighted by Crippen LogP contribution is 2.91. The van der Waals surface area contributed by atoms with E-state index >= 15 is 0 Å². The van der Waals surface area contributed by atoms with Gasteiger partial charge in [0.1, 0.15) is 0 Å². The maximum Gasteiger partial charge on any atom is 0.501 e. The Morgan fingerprint density at radius 1 is 0.618 bits per heavy atom. The molecule has 0 heterocycles. The largest absolute Gasteiger partial charge is 0.501 e. The van der Waals surface area contributed by atoms with Crippen LogP contribution in [-0.4, -0.2) is 40.9 Å². The van der Waals surface area contributed by atoms with Crippen molar-refractivity contribution in [2.75, 3.05) is 7.11 Å². The Labute approximate surface area is 389 Å². The number of hydrogen-bond donors (Lipinski definition) is 0. The number of fused-ring (bicyclic) bond motifs is 5. The summed E-state index contributed by atoms with van der Waals surface area (Å²) >= 11 is 0. The lowest BCUT2D eigenvalue weighted by atomic mass is 9.43. The van der Waals surface area contributed by atoms with E-state index < -0.39 is 51.9 Å². The van der Waals surface area contributed by atoms with Crippen LogP contribution in [0.4, 0.5) is 26.3 Å². The molecule has 17 aliphatic rings. The fourth-order valence-electron chi connectivity index (χ4n) is 23.6. The number of carbonyl (C=O) groups excluding carboxylic acids is 1. The van der Waals surface area contributed by atoms with E-state index in [9.17, 15) is 48.0 Å². The number of allylic oxidation sites excluding steroid dienone is 14. The number of hydrogen-bond acceptors (Lipinski definition) is 6. The van der Waals surface area contributed by atoms with E-state index in [2.05, 4.69) is 24.3 Å². The molecule has 0 spiro atoms. The van der Waals surface area contributed by atoms with Crippen molar-refractivity contribution in [2.45, 2.75) is 71.2 Å². The lowest BCUT2D eigenvalue weighted by Gasteiger charge is -2.60. The average molecular weight is 969 g/mol. The Morgan fingerprint density at radius 3 is 2.01 bits per heavy atom. The highest BCUT2D eigenvalue weighted by atomic mass is 32.2. The van der Waals surface area contributed by atoms with Crippen LogP contribution in [0.3, 0.4) is 0 Å². The molecular formula is C54H46F6O6S2. The first-order valence-electron chi connectivity index (χ1n) is 25.4. The van der Waals surface area contributed by atoms with Crippen molar-refractivity contribution in [3.05, 3.63) is 104 Å². The Hall–Kier alpha value is -3.65. The Balaban J connectivity index is 0.942. The SMILES string of the molecule is COC(=O)CCCC1(c2cc(S(=O)(=O)C(F)(F)F)cc(S(=O)(=O)C(F)(F)F)c2)C2=C1C1=C3CCC4C5CCC6C7C=CC8C9C=CC%10=C2C2C%11=C%10C9C9=C%10C%11C%11C(C12)C3C4C1C5C6C(C%10C%111)C7C98. The van der Waals surface area contributed by atoms with Crippen LogP contribution in [0.1, 0.15) is 50.5 Å². The van der Waals surface area contributed by atoms with Gasteiger partial charge in [-0.2, -0.15) is 26.3 Å². The third kappa shape index (κ3) is 3.60. The molecule has 9 fully saturated rings. The number of methoxy groups -OCH3 is 1. The van der Waals surface area contributed by atoms with Crippen molar-refractivity contribution in [3.63, 3.8) is 0 Å². The average Bonchev–Trinajstić information content (AvgIpc) is 3.92. The fourth-order valence-corrected chi connectivity index (χ4v) is 25.3. The van der Waals surface area contributed by atoms with E-state index in [-0.39, 0.29) is 48.6 Å². The number of esters is 1. The van der Waals surface area contributed by atoms with E-state index in [0.717, 1.165) is 70.9 Å². The molecule has 352 valence electrons. The summed E-state index contributed by atoms with van der Waals surface area (Å²) in [6.45, 7) is 0. The molecule has 0 N–H and O–H groups in total. The smallest absolute Gasteiger partial charge is 0.469 e. The van der Waals surface area contributed by atoms with Crippen LogP contribution in [-0.2, 0) is 34.6 Å². The first-order valence-corrected chi connectivity index (χ1v) is 28.3. The molecule has 0 radical (unpaired) electrons. The van der Waals surface area contributed by atoms with Gasteiger partial charge in [-0.25, -0.2) is 16.8 Å². The Bertz CT molecular complexity index is 3250. The molecular weight excluding hydrogens is 923 g/mol. The van der Waals surface area contributed by atoms with Crippen molar-refractivity contribution in [1.82, 2.24) is 0 Å².